The van der Waals surface area contributed by atoms with Crippen LogP contribution in [0.1, 0.15) is 58.8 Å². The quantitative estimate of drug-likeness (QED) is 0.381. The van der Waals surface area contributed by atoms with Gasteiger partial charge in [-0.2, -0.15) is 0 Å². The van der Waals surface area contributed by atoms with Crippen LogP contribution in [0.25, 0.3) is 16.7 Å². The Labute approximate surface area is 208 Å². The molecule has 7 rings (SSSR count). The molecule has 0 spiro atoms. The first kappa shape index (κ1) is 21.4. The van der Waals surface area contributed by atoms with E-state index in [1.807, 2.05) is 24.4 Å². The zero-order chi connectivity index (χ0) is 23.6. The van der Waals surface area contributed by atoms with Gasteiger partial charge in [-0.3, -0.25) is 0 Å². The van der Waals surface area contributed by atoms with Gasteiger partial charge >= 0.3 is 0 Å². The molecular formula is C31H35N3O. The van der Waals surface area contributed by atoms with E-state index in [0.717, 1.165) is 42.0 Å². The lowest BCUT2D eigenvalue weighted by Gasteiger charge is -2.57. The van der Waals surface area contributed by atoms with Crippen LogP contribution < -0.4 is 4.74 Å². The molecule has 1 aromatic carbocycles. The molecule has 4 heteroatoms. The van der Waals surface area contributed by atoms with Crippen LogP contribution >= 0.6 is 0 Å². The fourth-order valence-corrected chi connectivity index (χ4v) is 8.39. The van der Waals surface area contributed by atoms with Gasteiger partial charge in [-0.15, -0.1) is 0 Å². The molecule has 4 aliphatic carbocycles. The Bertz CT molecular complexity index is 1320. The summed E-state index contributed by atoms with van der Waals surface area (Å²) in [6, 6.07) is 14.5. The van der Waals surface area contributed by atoms with Crippen LogP contribution in [0.4, 0.5) is 0 Å². The van der Waals surface area contributed by atoms with Crippen LogP contribution in [0.3, 0.4) is 0 Å². The first-order valence-corrected chi connectivity index (χ1v) is 13.5. The molecule has 180 valence electrons. The number of hydrogen-bond donors (Lipinski definition) is 0. The molecule has 0 aliphatic heterocycles. The van der Waals surface area contributed by atoms with Crippen molar-refractivity contribution in [2.24, 2.45) is 28.6 Å². The third kappa shape index (κ3) is 3.18. The average Bonchev–Trinajstić information content (AvgIpc) is 3.45. The van der Waals surface area contributed by atoms with E-state index >= 15 is 0 Å². The molecule has 3 aromatic rings. The maximum atomic E-state index is 6.29. The smallest absolute Gasteiger partial charge is 0.213 e. The van der Waals surface area contributed by atoms with Crippen LogP contribution in [0.15, 0.2) is 72.7 Å². The maximum absolute atomic E-state index is 6.29. The van der Waals surface area contributed by atoms with Crippen molar-refractivity contribution < 1.29 is 4.74 Å². The lowest BCUT2D eigenvalue weighted by atomic mass is 9.47. The molecule has 6 atom stereocenters. The van der Waals surface area contributed by atoms with Crippen molar-refractivity contribution in [1.29, 1.82) is 0 Å². The number of hydrogen-bond acceptors (Lipinski definition) is 3. The van der Waals surface area contributed by atoms with Crippen molar-refractivity contribution in [3.8, 4) is 5.88 Å². The minimum atomic E-state index is 0.228. The zero-order valence-electron chi connectivity index (χ0n) is 20.9. The minimum absolute atomic E-state index is 0.228. The molecule has 4 aliphatic rings. The topological polar surface area (TPSA) is 39.9 Å². The molecule has 2 aromatic heterocycles. The average molecular weight is 466 g/mol. The highest BCUT2D eigenvalue weighted by atomic mass is 16.5. The van der Waals surface area contributed by atoms with Crippen LogP contribution in [0.5, 0.6) is 5.88 Å². The van der Waals surface area contributed by atoms with E-state index in [9.17, 15) is 0 Å². The summed E-state index contributed by atoms with van der Waals surface area (Å²) in [5.41, 5.74) is 6.02. The number of imidazole rings is 1. The summed E-state index contributed by atoms with van der Waals surface area (Å²) < 4.78 is 8.68. The van der Waals surface area contributed by atoms with E-state index in [4.69, 9.17) is 9.72 Å². The summed E-state index contributed by atoms with van der Waals surface area (Å²) in [5, 5.41) is 0. The summed E-state index contributed by atoms with van der Waals surface area (Å²) >= 11 is 0. The molecule has 0 bridgehead atoms. The van der Waals surface area contributed by atoms with Gasteiger partial charge in [0, 0.05) is 29.8 Å². The van der Waals surface area contributed by atoms with Gasteiger partial charge in [0.2, 0.25) is 5.88 Å². The van der Waals surface area contributed by atoms with Crippen LogP contribution in [0, 0.1) is 28.6 Å². The Balaban J connectivity index is 1.15. The maximum Gasteiger partial charge on any atom is 0.213 e. The number of allylic oxidation sites excluding steroid dienone is 3. The third-order valence-corrected chi connectivity index (χ3v) is 10.2. The predicted molar refractivity (Wildman–Crippen MR) is 140 cm³/mol. The van der Waals surface area contributed by atoms with E-state index in [1.165, 1.54) is 43.3 Å². The first-order chi connectivity index (χ1) is 17.1. The van der Waals surface area contributed by atoms with Gasteiger partial charge in [0.05, 0.1) is 11.0 Å². The van der Waals surface area contributed by atoms with Crippen LogP contribution in [-0.4, -0.2) is 20.6 Å². The summed E-state index contributed by atoms with van der Waals surface area (Å²) in [7, 11) is 0. The Kier molecular flexibility index (Phi) is 4.78. The lowest BCUT2D eigenvalue weighted by Crippen LogP contribution is -2.50. The van der Waals surface area contributed by atoms with Gasteiger partial charge in [-0.25, -0.2) is 9.97 Å². The molecule has 0 saturated heterocycles. The first-order valence-electron chi connectivity index (χ1n) is 13.5. The molecule has 35 heavy (non-hydrogen) atoms. The molecule has 4 nitrogen and oxygen atoms in total. The van der Waals surface area contributed by atoms with E-state index in [-0.39, 0.29) is 11.5 Å². The Morgan fingerprint density at radius 2 is 1.74 bits per heavy atom. The van der Waals surface area contributed by atoms with Crippen LogP contribution in [-0.2, 0) is 0 Å². The van der Waals surface area contributed by atoms with Gasteiger partial charge in [0.15, 0.2) is 0 Å². The van der Waals surface area contributed by atoms with Crippen molar-refractivity contribution in [3.05, 3.63) is 72.7 Å². The second-order valence-electron chi connectivity index (χ2n) is 11.8. The number of ether oxygens (including phenoxy) is 1. The highest BCUT2D eigenvalue weighted by Crippen LogP contribution is 2.65. The molecule has 2 heterocycles. The predicted octanol–water partition coefficient (Wildman–Crippen LogP) is 7.29. The number of pyridine rings is 1. The molecule has 0 amide bonds. The van der Waals surface area contributed by atoms with E-state index in [2.05, 4.69) is 66.1 Å². The van der Waals surface area contributed by atoms with Crippen molar-refractivity contribution in [2.45, 2.75) is 64.9 Å². The van der Waals surface area contributed by atoms with Crippen molar-refractivity contribution >= 4 is 16.7 Å². The number of fused-ring (bicyclic) bond motifs is 6. The summed E-state index contributed by atoms with van der Waals surface area (Å²) in [4.78, 5) is 9.11. The molecular weight excluding hydrogens is 430 g/mol. The third-order valence-electron chi connectivity index (χ3n) is 10.2. The largest absolute Gasteiger partial charge is 0.474 e. The second kappa shape index (κ2) is 7.81. The number of nitrogens with zero attached hydrogens (tertiary/aromatic N) is 3. The summed E-state index contributed by atoms with van der Waals surface area (Å²) in [6.07, 6.45) is 17.7. The van der Waals surface area contributed by atoms with Gasteiger partial charge < -0.3 is 9.30 Å². The minimum Gasteiger partial charge on any atom is -0.474 e. The monoisotopic (exact) mass is 465 g/mol. The fraction of sp³-hybridized carbons (Fsp3) is 0.484. The van der Waals surface area contributed by atoms with E-state index < -0.39 is 0 Å². The van der Waals surface area contributed by atoms with E-state index in [0.29, 0.717) is 5.41 Å². The van der Waals surface area contributed by atoms with Crippen molar-refractivity contribution in [1.82, 2.24) is 14.5 Å². The number of para-hydroxylation sites is 2. The van der Waals surface area contributed by atoms with Gasteiger partial charge in [-0.05, 0) is 79.9 Å². The van der Waals surface area contributed by atoms with Gasteiger partial charge in [0.1, 0.15) is 12.4 Å². The molecule has 1 unspecified atom stereocenters. The Morgan fingerprint density at radius 1 is 0.886 bits per heavy atom. The molecule has 0 radical (unpaired) electrons. The fourth-order valence-electron chi connectivity index (χ4n) is 8.39. The number of rotatable bonds is 3. The SMILES string of the molecule is C[C@]12CCC(Oc3ccccn3)CC1=CC[C@@H]1[C@@H]2CC[C@]2(C)C(n3cnc4ccccc43)=CC[C@@H]12. The van der Waals surface area contributed by atoms with Crippen molar-refractivity contribution in [2.75, 3.05) is 0 Å². The normalized spacial score (nSPS) is 36.1. The highest BCUT2D eigenvalue weighted by Gasteiger charge is 2.57. The Hall–Kier alpha value is -2.88. The number of aromatic nitrogens is 3. The molecule has 0 N–H and O–H groups in total. The molecule has 2 fully saturated rings. The molecule has 2 saturated carbocycles. The number of benzene rings is 1. The second-order valence-corrected chi connectivity index (χ2v) is 11.8. The lowest BCUT2D eigenvalue weighted by molar-refractivity contribution is -0.0225. The van der Waals surface area contributed by atoms with E-state index in [1.54, 1.807) is 5.57 Å². The van der Waals surface area contributed by atoms with Crippen LogP contribution in [0.2, 0.25) is 0 Å². The summed E-state index contributed by atoms with van der Waals surface area (Å²) in [5.74, 6) is 3.03. The van der Waals surface area contributed by atoms with Gasteiger partial charge in [0.25, 0.3) is 0 Å². The Morgan fingerprint density at radius 3 is 2.63 bits per heavy atom. The zero-order valence-corrected chi connectivity index (χ0v) is 20.9. The van der Waals surface area contributed by atoms with Crippen molar-refractivity contribution in [3.63, 3.8) is 0 Å². The summed E-state index contributed by atoms with van der Waals surface area (Å²) in [6.45, 7) is 5.11. The highest BCUT2D eigenvalue weighted by molar-refractivity contribution is 5.80. The standard InChI is InChI=1S/C31H35N3O/c1-30-16-14-22(35-29-9-5-6-18-32-29)19-21(30)10-11-23-24-12-13-28(31(24,2)17-15-25(23)30)34-20-33-26-7-3-4-8-27(26)34/h3-10,13,18,20,22-25H,11-12,14-17,19H2,1-2H3/t22?,23-,24-,25-,30-,31-/m0/s1. The van der Waals surface area contributed by atoms with Gasteiger partial charge in [-0.1, -0.05) is 49.8 Å².